The molecular weight excluding hydrogens is 536 g/mol. The summed E-state index contributed by atoms with van der Waals surface area (Å²) >= 11 is 0. The summed E-state index contributed by atoms with van der Waals surface area (Å²) in [4.78, 5) is 54.2. The molecule has 0 radical (unpaired) electrons. The van der Waals surface area contributed by atoms with Crippen LogP contribution < -0.4 is 16.0 Å². The van der Waals surface area contributed by atoms with Gasteiger partial charge in [-0.2, -0.15) is 0 Å². The SMILES string of the molecule is CC(=O)N(C)C.CC(=O)N(C)C.CCOC.CN(C)C.CNC.CNC(C)=O.CNC(C)=O.COC.COC(C)=O. The Labute approximate surface area is 252 Å². The van der Waals surface area contributed by atoms with Crippen molar-refractivity contribution < 1.29 is 38.2 Å². The third-order valence-corrected chi connectivity index (χ3v) is 2.54. The van der Waals surface area contributed by atoms with Gasteiger partial charge in [0.15, 0.2) is 0 Å². The van der Waals surface area contributed by atoms with E-state index in [4.69, 9.17) is 0 Å². The Hall–Kier alpha value is -2.81. The topological polar surface area (TPSA) is 159 Å². The second-order valence-corrected chi connectivity index (χ2v) is 7.96. The fourth-order valence-corrected chi connectivity index (χ4v) is 0. The number of esters is 1. The van der Waals surface area contributed by atoms with Gasteiger partial charge in [-0.15, -0.1) is 0 Å². The minimum atomic E-state index is -0.245. The standard InChI is InChI=1S/2C4H9NO.2C3H7NO.C3H9N.C3H6O2.C3H8O.C2H7N.C2H6O/c2*1-4(6)5(2)3;2*1-3(5)4-2;1-4(2)3;1-3(4)5-2;1-3-4-2;2*1-3-2/h2*1-3H3;2*1-2H3,(H,4,5);1-3H3;1-2H3;3H2,1-2H3;3H,1-2H3;1-2H3. The van der Waals surface area contributed by atoms with Crippen LogP contribution in [-0.2, 0) is 38.2 Å². The number of ether oxygens (including phenoxy) is 3. The quantitative estimate of drug-likeness (QED) is 0.366. The lowest BCUT2D eigenvalue weighted by Gasteiger charge is -2.02. The zero-order chi connectivity index (χ0) is 35.6. The number of nitrogens with zero attached hydrogens (tertiary/aromatic N) is 3. The van der Waals surface area contributed by atoms with Crippen LogP contribution >= 0.6 is 0 Å². The van der Waals surface area contributed by atoms with Crippen LogP contribution in [0.1, 0.15) is 41.5 Å². The van der Waals surface area contributed by atoms with Crippen LogP contribution in [0.4, 0.5) is 0 Å². The first-order chi connectivity index (χ1) is 18.6. The zero-order valence-electron chi connectivity index (χ0n) is 30.3. The van der Waals surface area contributed by atoms with E-state index in [1.165, 1.54) is 51.5 Å². The highest BCUT2D eigenvalue weighted by atomic mass is 16.5. The van der Waals surface area contributed by atoms with Crippen LogP contribution in [-0.4, -0.2) is 157 Å². The number of rotatable bonds is 1. The van der Waals surface area contributed by atoms with Crippen molar-refractivity contribution in [1.29, 1.82) is 0 Å². The molecule has 14 heteroatoms. The van der Waals surface area contributed by atoms with Gasteiger partial charge in [0.05, 0.1) is 7.11 Å². The molecule has 0 aliphatic carbocycles. The minimum absolute atomic E-state index is 0.00463. The van der Waals surface area contributed by atoms with Crippen LogP contribution in [0.15, 0.2) is 0 Å². The van der Waals surface area contributed by atoms with Gasteiger partial charge in [-0.25, -0.2) is 0 Å². The average Bonchev–Trinajstić information content (AvgIpc) is 2.86. The lowest BCUT2D eigenvalue weighted by atomic mass is 10.7. The molecule has 0 aromatic heterocycles. The minimum Gasteiger partial charge on any atom is -0.469 e. The second-order valence-electron chi connectivity index (χ2n) is 7.96. The van der Waals surface area contributed by atoms with Gasteiger partial charge in [0.25, 0.3) is 0 Å². The summed E-state index contributed by atoms with van der Waals surface area (Å²) in [7, 11) is 26.1. The summed E-state index contributed by atoms with van der Waals surface area (Å²) in [6, 6.07) is 0. The van der Waals surface area contributed by atoms with Gasteiger partial charge in [0.1, 0.15) is 0 Å². The average molecular weight is 605 g/mol. The molecule has 0 atom stereocenters. The first-order valence-electron chi connectivity index (χ1n) is 12.4. The molecule has 0 saturated carbocycles. The van der Waals surface area contributed by atoms with Gasteiger partial charge in [0.2, 0.25) is 23.6 Å². The molecule has 0 fully saturated rings. The van der Waals surface area contributed by atoms with E-state index in [1.807, 2.05) is 47.1 Å². The van der Waals surface area contributed by atoms with Crippen LogP contribution in [0.25, 0.3) is 0 Å². The molecular formula is C27H68N6O8. The summed E-state index contributed by atoms with van der Waals surface area (Å²) in [5.74, 6) is -0.0509. The third kappa shape index (κ3) is 310. The van der Waals surface area contributed by atoms with Crippen molar-refractivity contribution in [2.24, 2.45) is 0 Å². The fourth-order valence-electron chi connectivity index (χ4n) is 0. The number of hydrogen-bond donors (Lipinski definition) is 3. The molecule has 4 amide bonds. The van der Waals surface area contributed by atoms with Gasteiger partial charge in [-0.3, -0.25) is 24.0 Å². The molecule has 0 aliphatic rings. The monoisotopic (exact) mass is 605 g/mol. The highest BCUT2D eigenvalue weighted by Gasteiger charge is 1.88. The van der Waals surface area contributed by atoms with Crippen LogP contribution in [0.3, 0.4) is 0 Å². The maximum Gasteiger partial charge on any atom is 0.302 e. The molecule has 0 saturated heterocycles. The predicted octanol–water partition coefficient (Wildman–Crippen LogP) is 0.802. The first-order valence-corrected chi connectivity index (χ1v) is 12.4. The lowest BCUT2D eigenvalue weighted by molar-refractivity contribution is -0.138. The van der Waals surface area contributed by atoms with E-state index in [9.17, 15) is 24.0 Å². The molecule has 14 nitrogen and oxygen atoms in total. The van der Waals surface area contributed by atoms with Crippen molar-refractivity contribution in [2.75, 3.05) is 113 Å². The Kier molecular flexibility index (Phi) is 92.7. The molecule has 254 valence electrons. The second kappa shape index (κ2) is 61.3. The molecule has 0 aromatic rings. The molecule has 0 bridgehead atoms. The van der Waals surface area contributed by atoms with Gasteiger partial charge < -0.3 is 44.9 Å². The molecule has 0 rings (SSSR count). The number of carbonyl (C=O) groups is 5. The largest absolute Gasteiger partial charge is 0.469 e. The summed E-state index contributed by atoms with van der Waals surface area (Å²) in [6.07, 6.45) is 0. The predicted molar refractivity (Wildman–Crippen MR) is 171 cm³/mol. The van der Waals surface area contributed by atoms with Crippen molar-refractivity contribution in [3.63, 3.8) is 0 Å². The Bertz CT molecular complexity index is 476. The highest BCUT2D eigenvalue weighted by molar-refractivity contribution is 5.73. The molecule has 0 aliphatic heterocycles. The van der Waals surface area contributed by atoms with E-state index in [2.05, 4.69) is 30.2 Å². The first kappa shape index (κ1) is 62.0. The van der Waals surface area contributed by atoms with E-state index in [-0.39, 0.29) is 29.6 Å². The third-order valence-electron chi connectivity index (χ3n) is 2.54. The van der Waals surface area contributed by atoms with Crippen LogP contribution in [0.5, 0.6) is 0 Å². The molecule has 0 aromatic carbocycles. The number of nitrogens with one attached hydrogen (secondary N) is 3. The van der Waals surface area contributed by atoms with Crippen molar-refractivity contribution in [3.8, 4) is 0 Å². The fraction of sp³-hybridized carbons (Fsp3) is 0.815. The van der Waals surface area contributed by atoms with Gasteiger partial charge in [-0.05, 0) is 42.2 Å². The normalized spacial score (nSPS) is 7.27. The highest BCUT2D eigenvalue weighted by Crippen LogP contribution is 1.70. The lowest BCUT2D eigenvalue weighted by Crippen LogP contribution is -2.17. The van der Waals surface area contributed by atoms with Gasteiger partial charge in [0, 0.05) is 105 Å². The van der Waals surface area contributed by atoms with E-state index in [0.717, 1.165) is 6.61 Å². The Morgan fingerprint density at radius 1 is 0.585 bits per heavy atom. The number of methoxy groups -OCH3 is 3. The Balaban J connectivity index is -0.0000000405. The van der Waals surface area contributed by atoms with Crippen molar-refractivity contribution in [2.45, 2.75) is 41.5 Å². The summed E-state index contributed by atoms with van der Waals surface area (Å²) in [6.45, 7) is 10.1. The molecule has 0 unspecified atom stereocenters. The maximum absolute atomic E-state index is 10.1. The Morgan fingerprint density at radius 3 is 0.683 bits per heavy atom. The summed E-state index contributed by atoms with van der Waals surface area (Å²) < 4.78 is 12.9. The number of hydrogen-bond acceptors (Lipinski definition) is 10. The molecule has 0 spiro atoms. The van der Waals surface area contributed by atoms with Crippen LogP contribution in [0, 0.1) is 0 Å². The molecule has 41 heavy (non-hydrogen) atoms. The summed E-state index contributed by atoms with van der Waals surface area (Å²) in [5.41, 5.74) is 0. The molecule has 3 N–H and O–H groups in total. The summed E-state index contributed by atoms with van der Waals surface area (Å²) in [5, 5.41) is 7.53. The van der Waals surface area contributed by atoms with E-state index in [1.54, 1.807) is 63.6 Å². The van der Waals surface area contributed by atoms with E-state index >= 15 is 0 Å². The van der Waals surface area contributed by atoms with Gasteiger partial charge in [-0.1, -0.05) is 0 Å². The number of carbonyl (C=O) groups excluding carboxylic acids is 5. The molecule has 0 heterocycles. The smallest absolute Gasteiger partial charge is 0.302 e. The van der Waals surface area contributed by atoms with Crippen molar-refractivity contribution in [3.05, 3.63) is 0 Å². The van der Waals surface area contributed by atoms with E-state index < -0.39 is 0 Å². The Morgan fingerprint density at radius 2 is 0.683 bits per heavy atom. The maximum atomic E-state index is 10.1. The van der Waals surface area contributed by atoms with Crippen molar-refractivity contribution in [1.82, 2.24) is 30.7 Å². The van der Waals surface area contributed by atoms with Crippen molar-refractivity contribution >= 4 is 29.6 Å². The van der Waals surface area contributed by atoms with E-state index in [0.29, 0.717) is 0 Å². The number of amides is 4. The zero-order valence-corrected chi connectivity index (χ0v) is 30.3. The van der Waals surface area contributed by atoms with Crippen LogP contribution in [0.2, 0.25) is 0 Å². The van der Waals surface area contributed by atoms with Gasteiger partial charge >= 0.3 is 5.97 Å².